The normalized spacial score (nSPS) is 12.9. The van der Waals surface area contributed by atoms with Crippen molar-refractivity contribution in [1.82, 2.24) is 5.43 Å². The molecule has 3 rings (SSSR count). The molecule has 0 saturated carbocycles. The summed E-state index contributed by atoms with van der Waals surface area (Å²) in [5, 5.41) is 3.91. The van der Waals surface area contributed by atoms with Crippen molar-refractivity contribution in [1.29, 1.82) is 0 Å². The van der Waals surface area contributed by atoms with Crippen LogP contribution in [0.4, 0.5) is 0 Å². The van der Waals surface area contributed by atoms with Crippen LogP contribution < -0.4 is 14.9 Å². The fourth-order valence-electron chi connectivity index (χ4n) is 1.94. The van der Waals surface area contributed by atoms with E-state index < -0.39 is 0 Å². The summed E-state index contributed by atoms with van der Waals surface area (Å²) in [7, 11) is 0. The van der Waals surface area contributed by atoms with Crippen molar-refractivity contribution in [2.75, 3.05) is 6.79 Å². The van der Waals surface area contributed by atoms with Gasteiger partial charge in [0.05, 0.1) is 6.21 Å². The molecule has 0 radical (unpaired) electrons. The molecule has 1 N–H and O–H groups in total. The van der Waals surface area contributed by atoms with Crippen LogP contribution in [0.1, 0.15) is 11.1 Å². The molecule has 1 aliphatic heterocycles. The number of rotatable bonds is 4. The number of carbonyl (C=O) groups excluding carboxylic acids is 1. The number of fused-ring (bicyclic) bond motifs is 1. The molecule has 0 fully saturated rings. The molecule has 0 spiro atoms. The lowest BCUT2D eigenvalue weighted by atomic mass is 10.2. The molecule has 110 valence electrons. The van der Waals surface area contributed by atoms with Gasteiger partial charge in [0, 0.05) is 6.08 Å². The highest BCUT2D eigenvalue weighted by molar-refractivity contribution is 5.92. The van der Waals surface area contributed by atoms with E-state index in [1.54, 1.807) is 24.4 Å². The summed E-state index contributed by atoms with van der Waals surface area (Å²) in [6, 6.07) is 15.0. The van der Waals surface area contributed by atoms with Crippen LogP contribution in [0.5, 0.6) is 11.5 Å². The van der Waals surface area contributed by atoms with Gasteiger partial charge < -0.3 is 9.47 Å². The maximum atomic E-state index is 11.6. The Bertz CT molecular complexity index is 724. The van der Waals surface area contributed by atoms with E-state index >= 15 is 0 Å². The highest BCUT2D eigenvalue weighted by Gasteiger charge is 2.12. The Morgan fingerprint density at radius 3 is 2.73 bits per heavy atom. The van der Waals surface area contributed by atoms with Crippen molar-refractivity contribution in [2.24, 2.45) is 5.10 Å². The van der Waals surface area contributed by atoms with Crippen LogP contribution in [0.3, 0.4) is 0 Å². The Kier molecular flexibility index (Phi) is 4.15. The predicted octanol–water partition coefficient (Wildman–Crippen LogP) is 2.58. The number of amides is 1. The number of hydrogen-bond acceptors (Lipinski definition) is 4. The topological polar surface area (TPSA) is 59.9 Å². The van der Waals surface area contributed by atoms with Gasteiger partial charge in [0.2, 0.25) is 6.79 Å². The molecule has 22 heavy (non-hydrogen) atoms. The molecule has 2 aromatic carbocycles. The lowest BCUT2D eigenvalue weighted by Gasteiger charge is -1.97. The molecule has 5 heteroatoms. The number of ether oxygens (including phenoxy) is 2. The lowest BCUT2D eigenvalue weighted by Crippen LogP contribution is -2.14. The van der Waals surface area contributed by atoms with Crippen LogP contribution in [0.15, 0.2) is 59.7 Å². The number of hydrazone groups is 1. The fraction of sp³-hybridized carbons (Fsp3) is 0.0588. The minimum Gasteiger partial charge on any atom is -0.454 e. The molecule has 0 aliphatic carbocycles. The van der Waals surface area contributed by atoms with Gasteiger partial charge in [-0.25, -0.2) is 5.43 Å². The van der Waals surface area contributed by atoms with Crippen molar-refractivity contribution in [3.63, 3.8) is 0 Å². The molecule has 0 aromatic heterocycles. The molecule has 1 heterocycles. The van der Waals surface area contributed by atoms with Gasteiger partial charge in [-0.2, -0.15) is 5.10 Å². The number of nitrogens with zero attached hydrogens (tertiary/aromatic N) is 1. The van der Waals surface area contributed by atoms with Gasteiger partial charge in [0.1, 0.15) is 0 Å². The van der Waals surface area contributed by atoms with Crippen molar-refractivity contribution in [3.05, 3.63) is 65.7 Å². The minimum atomic E-state index is -0.291. The third-order valence-electron chi connectivity index (χ3n) is 3.01. The van der Waals surface area contributed by atoms with Gasteiger partial charge in [-0.1, -0.05) is 30.3 Å². The monoisotopic (exact) mass is 294 g/mol. The second-order valence-corrected chi connectivity index (χ2v) is 4.59. The van der Waals surface area contributed by atoms with Gasteiger partial charge in [-0.15, -0.1) is 0 Å². The van der Waals surface area contributed by atoms with Crippen LogP contribution in [-0.4, -0.2) is 18.9 Å². The van der Waals surface area contributed by atoms with Gasteiger partial charge in [0.15, 0.2) is 11.5 Å². The molecule has 1 amide bonds. The summed E-state index contributed by atoms with van der Waals surface area (Å²) < 4.78 is 10.5. The van der Waals surface area contributed by atoms with Crippen LogP contribution in [0.25, 0.3) is 6.08 Å². The predicted molar refractivity (Wildman–Crippen MR) is 83.8 cm³/mol. The summed E-state index contributed by atoms with van der Waals surface area (Å²) in [4.78, 5) is 11.6. The van der Waals surface area contributed by atoms with Crippen LogP contribution >= 0.6 is 0 Å². The Morgan fingerprint density at radius 1 is 1.05 bits per heavy atom. The van der Waals surface area contributed by atoms with E-state index in [1.165, 1.54) is 6.08 Å². The molecule has 5 nitrogen and oxygen atoms in total. The first kappa shape index (κ1) is 13.9. The summed E-state index contributed by atoms with van der Waals surface area (Å²) in [6.07, 6.45) is 4.72. The van der Waals surface area contributed by atoms with Crippen molar-refractivity contribution in [3.8, 4) is 11.5 Å². The summed E-state index contributed by atoms with van der Waals surface area (Å²) in [5.41, 5.74) is 4.21. The first-order valence-corrected chi connectivity index (χ1v) is 6.77. The van der Waals surface area contributed by atoms with Gasteiger partial charge in [-0.05, 0) is 35.4 Å². The smallest absolute Gasteiger partial charge is 0.264 e. The Hall–Kier alpha value is -3.08. The zero-order valence-corrected chi connectivity index (χ0v) is 11.7. The van der Waals surface area contributed by atoms with Crippen molar-refractivity contribution < 1.29 is 14.3 Å². The Labute approximate surface area is 127 Å². The average Bonchev–Trinajstić information content (AvgIpc) is 3.02. The second kappa shape index (κ2) is 6.58. The maximum Gasteiger partial charge on any atom is 0.264 e. The quantitative estimate of drug-likeness (QED) is 0.535. The molecule has 2 aromatic rings. The number of nitrogens with one attached hydrogen (secondary N) is 1. The summed E-state index contributed by atoms with van der Waals surface area (Å²) >= 11 is 0. The number of carbonyl (C=O) groups is 1. The van der Waals surface area contributed by atoms with Crippen molar-refractivity contribution >= 4 is 18.2 Å². The molecule has 0 atom stereocenters. The lowest BCUT2D eigenvalue weighted by molar-refractivity contribution is -0.116. The van der Waals surface area contributed by atoms with E-state index in [9.17, 15) is 4.79 Å². The number of benzene rings is 2. The highest BCUT2D eigenvalue weighted by atomic mass is 16.7. The van der Waals surface area contributed by atoms with Gasteiger partial charge >= 0.3 is 0 Å². The number of hydrogen-bond donors (Lipinski definition) is 1. The zero-order chi connectivity index (χ0) is 15.2. The summed E-state index contributed by atoms with van der Waals surface area (Å²) in [6.45, 7) is 0.233. The van der Waals surface area contributed by atoms with E-state index in [4.69, 9.17) is 9.47 Å². The van der Waals surface area contributed by atoms with Crippen molar-refractivity contribution in [2.45, 2.75) is 0 Å². The first-order valence-electron chi connectivity index (χ1n) is 6.77. The molecular formula is C17H14N2O3. The van der Waals surface area contributed by atoms with Gasteiger partial charge in [-0.3, -0.25) is 4.79 Å². The maximum absolute atomic E-state index is 11.6. The summed E-state index contributed by atoms with van der Waals surface area (Å²) in [5.74, 6) is 1.10. The van der Waals surface area contributed by atoms with E-state index in [2.05, 4.69) is 10.5 Å². The van der Waals surface area contributed by atoms with Gasteiger partial charge in [0.25, 0.3) is 5.91 Å². The highest BCUT2D eigenvalue weighted by Crippen LogP contribution is 2.31. The molecule has 0 unspecified atom stereocenters. The third-order valence-corrected chi connectivity index (χ3v) is 3.01. The third kappa shape index (κ3) is 3.52. The standard InChI is InChI=1S/C17H14N2O3/c20-17(9-7-13-4-2-1-3-5-13)19-18-11-14-6-8-15-16(10-14)22-12-21-15/h1-11H,12H2,(H,19,20)/b9-7+,18-11?. The molecular weight excluding hydrogens is 280 g/mol. The van der Waals surface area contributed by atoms with E-state index in [0.717, 1.165) is 11.1 Å². The van der Waals surface area contributed by atoms with Crippen LogP contribution in [-0.2, 0) is 4.79 Å². The molecule has 1 aliphatic rings. The second-order valence-electron chi connectivity index (χ2n) is 4.59. The largest absolute Gasteiger partial charge is 0.454 e. The van der Waals surface area contributed by atoms with Crippen LogP contribution in [0.2, 0.25) is 0 Å². The van der Waals surface area contributed by atoms with E-state index in [1.807, 2.05) is 36.4 Å². The fourth-order valence-corrected chi connectivity index (χ4v) is 1.94. The first-order chi connectivity index (χ1) is 10.8. The molecule has 0 saturated heterocycles. The SMILES string of the molecule is O=C(/C=C/c1ccccc1)NN=Cc1ccc2c(c1)OCO2. The van der Waals surface area contributed by atoms with Crippen LogP contribution in [0, 0.1) is 0 Å². The van der Waals surface area contributed by atoms with E-state index in [0.29, 0.717) is 11.5 Å². The Balaban J connectivity index is 1.55. The van der Waals surface area contributed by atoms with E-state index in [-0.39, 0.29) is 12.7 Å². The molecule has 0 bridgehead atoms. The Morgan fingerprint density at radius 2 is 1.86 bits per heavy atom. The minimum absolute atomic E-state index is 0.233. The zero-order valence-electron chi connectivity index (χ0n) is 11.7. The average molecular weight is 294 g/mol.